The van der Waals surface area contributed by atoms with Crippen LogP contribution in [0.5, 0.6) is 11.5 Å². The van der Waals surface area contributed by atoms with E-state index in [4.69, 9.17) is 21.1 Å². The van der Waals surface area contributed by atoms with E-state index in [9.17, 15) is 4.79 Å². The predicted octanol–water partition coefficient (Wildman–Crippen LogP) is 4.21. The molecule has 0 aromatic heterocycles. The van der Waals surface area contributed by atoms with Crippen molar-refractivity contribution in [2.75, 3.05) is 13.2 Å². The number of hydrogen-bond acceptors (Lipinski definition) is 4. The third-order valence-electron chi connectivity index (χ3n) is 3.39. The second-order valence-corrected chi connectivity index (χ2v) is 5.62. The maximum absolute atomic E-state index is 12.1. The lowest BCUT2D eigenvalue weighted by atomic mass is 10.1. The summed E-state index contributed by atoms with van der Waals surface area (Å²) in [4.78, 5) is 12.1. The number of carbonyl (C=O) groups excluding carboxylic acids is 1. The molecule has 2 aromatic rings. The quantitative estimate of drug-likeness (QED) is 0.594. The molecule has 1 amide bonds. The standard InChI is InChI=1S/C19H21ClN2O3/c1-4-24-17-11-14(10-16(20)18(17)25-5-2)12-21-22-19(23)15-9-7-6-8-13(15)3/h6-12H,4-5H2,1-3H3,(H,22,23)/b21-12-. The zero-order chi connectivity index (χ0) is 18.2. The van der Waals surface area contributed by atoms with E-state index >= 15 is 0 Å². The zero-order valence-electron chi connectivity index (χ0n) is 14.5. The third-order valence-corrected chi connectivity index (χ3v) is 3.67. The summed E-state index contributed by atoms with van der Waals surface area (Å²) in [6.07, 6.45) is 1.51. The number of nitrogens with one attached hydrogen (secondary N) is 1. The molecule has 0 aliphatic carbocycles. The van der Waals surface area contributed by atoms with Gasteiger partial charge in [0.1, 0.15) is 0 Å². The summed E-state index contributed by atoms with van der Waals surface area (Å²) < 4.78 is 11.1. The van der Waals surface area contributed by atoms with Gasteiger partial charge < -0.3 is 9.47 Å². The van der Waals surface area contributed by atoms with Gasteiger partial charge in [0.15, 0.2) is 11.5 Å². The lowest BCUT2D eigenvalue weighted by Gasteiger charge is -2.13. The summed E-state index contributed by atoms with van der Waals surface area (Å²) in [5, 5.41) is 4.43. The van der Waals surface area contributed by atoms with Gasteiger partial charge in [0.25, 0.3) is 5.91 Å². The highest BCUT2D eigenvalue weighted by atomic mass is 35.5. The second kappa shape index (κ2) is 9.08. The average Bonchev–Trinajstić information content (AvgIpc) is 2.58. The Bertz CT molecular complexity index is 775. The number of amides is 1. The molecule has 6 heteroatoms. The van der Waals surface area contributed by atoms with Crippen molar-refractivity contribution in [2.24, 2.45) is 5.10 Å². The SMILES string of the molecule is CCOc1cc(/C=N\NC(=O)c2ccccc2C)cc(Cl)c1OCC. The molecule has 0 atom stereocenters. The summed E-state index contributed by atoms with van der Waals surface area (Å²) >= 11 is 6.25. The number of nitrogens with zero attached hydrogens (tertiary/aromatic N) is 1. The van der Waals surface area contributed by atoms with Crippen LogP contribution in [0, 0.1) is 6.92 Å². The van der Waals surface area contributed by atoms with Crippen LogP contribution in [0.3, 0.4) is 0 Å². The minimum absolute atomic E-state index is 0.267. The fourth-order valence-electron chi connectivity index (χ4n) is 2.26. The Morgan fingerprint density at radius 3 is 2.60 bits per heavy atom. The lowest BCUT2D eigenvalue weighted by Crippen LogP contribution is -2.18. The largest absolute Gasteiger partial charge is 0.490 e. The molecular formula is C19H21ClN2O3. The van der Waals surface area contributed by atoms with Crippen LogP contribution in [0.25, 0.3) is 0 Å². The Morgan fingerprint density at radius 1 is 1.20 bits per heavy atom. The van der Waals surface area contributed by atoms with Crippen molar-refractivity contribution in [3.05, 3.63) is 58.1 Å². The van der Waals surface area contributed by atoms with Gasteiger partial charge in [-0.3, -0.25) is 4.79 Å². The number of benzene rings is 2. The Hall–Kier alpha value is -2.53. The molecule has 1 N–H and O–H groups in total. The molecule has 5 nitrogen and oxygen atoms in total. The Labute approximate surface area is 152 Å². The van der Waals surface area contributed by atoms with Crippen LogP contribution in [0.1, 0.15) is 35.3 Å². The normalized spacial score (nSPS) is 10.7. The molecule has 0 aliphatic heterocycles. The predicted molar refractivity (Wildman–Crippen MR) is 100 cm³/mol. The first kappa shape index (κ1) is 18.8. The van der Waals surface area contributed by atoms with Gasteiger partial charge in [-0.05, 0) is 50.1 Å². The van der Waals surface area contributed by atoms with E-state index in [1.165, 1.54) is 6.21 Å². The Morgan fingerprint density at radius 2 is 1.92 bits per heavy atom. The lowest BCUT2D eigenvalue weighted by molar-refractivity contribution is 0.0954. The first-order valence-electron chi connectivity index (χ1n) is 8.05. The first-order valence-corrected chi connectivity index (χ1v) is 8.42. The molecular weight excluding hydrogens is 340 g/mol. The van der Waals surface area contributed by atoms with E-state index < -0.39 is 0 Å². The smallest absolute Gasteiger partial charge is 0.271 e. The fourth-order valence-corrected chi connectivity index (χ4v) is 2.54. The molecule has 0 aliphatic rings. The molecule has 0 unspecified atom stereocenters. The van der Waals surface area contributed by atoms with Crippen molar-refractivity contribution >= 4 is 23.7 Å². The number of hydrazone groups is 1. The van der Waals surface area contributed by atoms with Crippen LogP contribution in [0.4, 0.5) is 0 Å². The number of aryl methyl sites for hydroxylation is 1. The van der Waals surface area contributed by atoms with Gasteiger partial charge in [0.05, 0.1) is 24.5 Å². The highest BCUT2D eigenvalue weighted by molar-refractivity contribution is 6.32. The van der Waals surface area contributed by atoms with Crippen molar-refractivity contribution in [1.29, 1.82) is 0 Å². The summed E-state index contributed by atoms with van der Waals surface area (Å²) in [7, 11) is 0. The number of hydrogen-bond donors (Lipinski definition) is 1. The molecule has 2 aromatic carbocycles. The second-order valence-electron chi connectivity index (χ2n) is 5.21. The molecule has 132 valence electrons. The van der Waals surface area contributed by atoms with Gasteiger partial charge in [-0.25, -0.2) is 5.43 Å². The molecule has 0 heterocycles. The molecule has 0 fully saturated rings. The van der Waals surface area contributed by atoms with Gasteiger partial charge in [0.2, 0.25) is 0 Å². The Balaban J connectivity index is 2.15. The molecule has 0 radical (unpaired) electrons. The van der Waals surface area contributed by atoms with E-state index in [1.54, 1.807) is 18.2 Å². The summed E-state index contributed by atoms with van der Waals surface area (Å²) in [5.41, 5.74) is 4.68. The third kappa shape index (κ3) is 4.97. The minimum atomic E-state index is -0.267. The molecule has 0 saturated heterocycles. The van der Waals surface area contributed by atoms with Gasteiger partial charge in [-0.1, -0.05) is 29.8 Å². The van der Waals surface area contributed by atoms with Gasteiger partial charge in [-0.2, -0.15) is 5.10 Å². The first-order chi connectivity index (χ1) is 12.1. The topological polar surface area (TPSA) is 59.9 Å². The van der Waals surface area contributed by atoms with Crippen LogP contribution in [0.15, 0.2) is 41.5 Å². The van der Waals surface area contributed by atoms with Gasteiger partial charge >= 0.3 is 0 Å². The molecule has 0 saturated carbocycles. The maximum atomic E-state index is 12.1. The highest BCUT2D eigenvalue weighted by Gasteiger charge is 2.12. The fraction of sp³-hybridized carbons (Fsp3) is 0.263. The Kier molecular flexibility index (Phi) is 6.83. The molecule has 0 bridgehead atoms. The van der Waals surface area contributed by atoms with Crippen LogP contribution >= 0.6 is 11.6 Å². The van der Waals surface area contributed by atoms with E-state index in [0.29, 0.717) is 40.9 Å². The van der Waals surface area contributed by atoms with Crippen LogP contribution < -0.4 is 14.9 Å². The van der Waals surface area contributed by atoms with Crippen molar-refractivity contribution in [2.45, 2.75) is 20.8 Å². The van der Waals surface area contributed by atoms with Crippen LogP contribution in [-0.4, -0.2) is 25.3 Å². The summed E-state index contributed by atoms with van der Waals surface area (Å²) in [6.45, 7) is 6.61. The monoisotopic (exact) mass is 360 g/mol. The molecule has 25 heavy (non-hydrogen) atoms. The summed E-state index contributed by atoms with van der Waals surface area (Å²) in [5.74, 6) is 0.784. The number of halogens is 1. The maximum Gasteiger partial charge on any atom is 0.271 e. The van der Waals surface area contributed by atoms with Crippen molar-refractivity contribution in [3.8, 4) is 11.5 Å². The van der Waals surface area contributed by atoms with E-state index in [2.05, 4.69) is 10.5 Å². The van der Waals surface area contributed by atoms with Crippen LogP contribution in [-0.2, 0) is 0 Å². The average molecular weight is 361 g/mol. The van der Waals surface area contributed by atoms with E-state index in [-0.39, 0.29) is 5.91 Å². The number of carbonyl (C=O) groups is 1. The van der Waals surface area contributed by atoms with Crippen molar-refractivity contribution < 1.29 is 14.3 Å². The van der Waals surface area contributed by atoms with Crippen molar-refractivity contribution in [1.82, 2.24) is 5.43 Å². The van der Waals surface area contributed by atoms with Gasteiger partial charge in [0, 0.05) is 5.56 Å². The minimum Gasteiger partial charge on any atom is -0.490 e. The molecule has 2 rings (SSSR count). The number of ether oxygens (including phenoxy) is 2. The highest BCUT2D eigenvalue weighted by Crippen LogP contribution is 2.36. The zero-order valence-corrected chi connectivity index (χ0v) is 15.3. The summed E-state index contributed by atoms with van der Waals surface area (Å²) in [6, 6.07) is 10.8. The van der Waals surface area contributed by atoms with E-state index in [0.717, 1.165) is 5.56 Å². The molecule has 0 spiro atoms. The van der Waals surface area contributed by atoms with Crippen molar-refractivity contribution in [3.63, 3.8) is 0 Å². The number of rotatable bonds is 7. The van der Waals surface area contributed by atoms with Gasteiger partial charge in [-0.15, -0.1) is 0 Å². The van der Waals surface area contributed by atoms with E-state index in [1.807, 2.05) is 39.0 Å². The van der Waals surface area contributed by atoms with Crippen LogP contribution in [0.2, 0.25) is 5.02 Å².